The number of benzene rings is 1. The molecule has 0 heterocycles. The summed E-state index contributed by atoms with van der Waals surface area (Å²) >= 11 is 1.91. The second kappa shape index (κ2) is 9.11. The van der Waals surface area contributed by atoms with Gasteiger partial charge in [-0.15, -0.1) is 0 Å². The summed E-state index contributed by atoms with van der Waals surface area (Å²) in [6.45, 7) is 3.02. The number of rotatable bonds is 9. The fourth-order valence-electron chi connectivity index (χ4n) is 1.68. The summed E-state index contributed by atoms with van der Waals surface area (Å²) in [5.74, 6) is 2.14. The first kappa shape index (κ1) is 15.2. The molecule has 0 aliphatic rings. The average Bonchev–Trinajstić information content (AvgIpc) is 2.37. The predicted molar refractivity (Wildman–Crippen MR) is 81.5 cm³/mol. The number of nitrogen functional groups attached to an aromatic ring is 1. The van der Waals surface area contributed by atoms with Crippen molar-refractivity contribution in [3.05, 3.63) is 24.3 Å². The summed E-state index contributed by atoms with van der Waals surface area (Å²) in [5.41, 5.74) is 6.39. The summed E-state index contributed by atoms with van der Waals surface area (Å²) in [6, 6.07) is 7.56. The van der Waals surface area contributed by atoms with Gasteiger partial charge in [-0.05, 0) is 62.7 Å². The van der Waals surface area contributed by atoms with Crippen LogP contribution < -0.4 is 10.5 Å². The van der Waals surface area contributed by atoms with Gasteiger partial charge in [0, 0.05) is 12.2 Å². The van der Waals surface area contributed by atoms with E-state index in [0.717, 1.165) is 31.0 Å². The third kappa shape index (κ3) is 6.77. The number of hydrogen-bond donors (Lipinski definition) is 1. The molecule has 0 atom stereocenters. The summed E-state index contributed by atoms with van der Waals surface area (Å²) in [6.07, 6.45) is 4.47. The molecule has 3 nitrogen and oxygen atoms in total. The van der Waals surface area contributed by atoms with Gasteiger partial charge in [0.1, 0.15) is 5.75 Å². The quantitative estimate of drug-likeness (QED) is 0.552. The molecule has 0 bridgehead atoms. The Morgan fingerprint density at radius 1 is 1.17 bits per heavy atom. The molecule has 1 aromatic rings. The van der Waals surface area contributed by atoms with Crippen LogP contribution in [0.25, 0.3) is 0 Å². The largest absolute Gasteiger partial charge is 0.494 e. The standard InChI is InChI=1S/C14H24N2OS/c1-16(10-4-12-18-2)9-3-11-17-14-7-5-13(15)6-8-14/h5-8H,3-4,9-12,15H2,1-2H3. The van der Waals surface area contributed by atoms with E-state index in [-0.39, 0.29) is 0 Å². The Morgan fingerprint density at radius 3 is 2.50 bits per heavy atom. The molecule has 0 aliphatic heterocycles. The molecular weight excluding hydrogens is 244 g/mol. The zero-order valence-corrected chi connectivity index (χ0v) is 12.2. The van der Waals surface area contributed by atoms with E-state index >= 15 is 0 Å². The molecule has 0 aromatic heterocycles. The highest BCUT2D eigenvalue weighted by Crippen LogP contribution is 2.13. The van der Waals surface area contributed by atoms with Crippen LogP contribution in [0.2, 0.25) is 0 Å². The molecule has 0 fully saturated rings. The second-order valence-electron chi connectivity index (χ2n) is 4.42. The highest BCUT2D eigenvalue weighted by atomic mass is 32.2. The molecule has 1 aromatic carbocycles. The maximum atomic E-state index is 5.65. The van der Waals surface area contributed by atoms with Crippen LogP contribution in [0.3, 0.4) is 0 Å². The molecule has 18 heavy (non-hydrogen) atoms. The van der Waals surface area contributed by atoms with E-state index in [1.807, 2.05) is 36.0 Å². The first-order chi connectivity index (χ1) is 8.72. The zero-order chi connectivity index (χ0) is 13.2. The Bertz CT molecular complexity index is 316. The topological polar surface area (TPSA) is 38.5 Å². The van der Waals surface area contributed by atoms with E-state index in [4.69, 9.17) is 10.5 Å². The van der Waals surface area contributed by atoms with Crippen LogP contribution in [0.4, 0.5) is 5.69 Å². The smallest absolute Gasteiger partial charge is 0.119 e. The Morgan fingerprint density at radius 2 is 1.83 bits per heavy atom. The number of thioether (sulfide) groups is 1. The lowest BCUT2D eigenvalue weighted by molar-refractivity contribution is 0.263. The minimum absolute atomic E-state index is 0.761. The molecule has 0 amide bonds. The highest BCUT2D eigenvalue weighted by molar-refractivity contribution is 7.98. The lowest BCUT2D eigenvalue weighted by Gasteiger charge is -2.16. The van der Waals surface area contributed by atoms with Crippen molar-refractivity contribution in [1.82, 2.24) is 4.90 Å². The van der Waals surface area contributed by atoms with Crippen molar-refractivity contribution in [2.75, 3.05) is 44.5 Å². The van der Waals surface area contributed by atoms with Gasteiger partial charge in [0.25, 0.3) is 0 Å². The number of nitrogens with two attached hydrogens (primary N) is 1. The number of anilines is 1. The van der Waals surface area contributed by atoms with Crippen LogP contribution in [-0.2, 0) is 0 Å². The van der Waals surface area contributed by atoms with E-state index in [1.165, 1.54) is 18.7 Å². The fraction of sp³-hybridized carbons (Fsp3) is 0.571. The molecule has 0 spiro atoms. The number of nitrogens with zero attached hydrogens (tertiary/aromatic N) is 1. The van der Waals surface area contributed by atoms with Gasteiger partial charge in [0.15, 0.2) is 0 Å². The van der Waals surface area contributed by atoms with Gasteiger partial charge in [-0.1, -0.05) is 0 Å². The first-order valence-corrected chi connectivity index (χ1v) is 7.77. The normalized spacial score (nSPS) is 10.8. The Labute approximate surface area is 115 Å². The van der Waals surface area contributed by atoms with Crippen molar-refractivity contribution in [1.29, 1.82) is 0 Å². The van der Waals surface area contributed by atoms with Crippen molar-refractivity contribution < 1.29 is 4.74 Å². The Hall–Kier alpha value is -0.870. The lowest BCUT2D eigenvalue weighted by atomic mass is 10.3. The van der Waals surface area contributed by atoms with Crippen LogP contribution in [0.1, 0.15) is 12.8 Å². The molecule has 0 unspecified atom stereocenters. The lowest BCUT2D eigenvalue weighted by Crippen LogP contribution is -2.22. The minimum atomic E-state index is 0.761. The SMILES string of the molecule is CSCCCN(C)CCCOc1ccc(N)cc1. The maximum Gasteiger partial charge on any atom is 0.119 e. The van der Waals surface area contributed by atoms with Crippen molar-refractivity contribution in [3.63, 3.8) is 0 Å². The van der Waals surface area contributed by atoms with Crippen molar-refractivity contribution >= 4 is 17.4 Å². The van der Waals surface area contributed by atoms with Crippen LogP contribution in [0.5, 0.6) is 5.75 Å². The first-order valence-electron chi connectivity index (χ1n) is 6.38. The van der Waals surface area contributed by atoms with Gasteiger partial charge < -0.3 is 15.4 Å². The summed E-state index contributed by atoms with van der Waals surface area (Å²) < 4.78 is 5.65. The van der Waals surface area contributed by atoms with Gasteiger partial charge in [-0.2, -0.15) is 11.8 Å². The molecule has 2 N–H and O–H groups in total. The molecule has 0 aliphatic carbocycles. The maximum absolute atomic E-state index is 5.65. The Balaban J connectivity index is 2.05. The third-order valence-corrected chi connectivity index (χ3v) is 3.42. The van der Waals surface area contributed by atoms with E-state index < -0.39 is 0 Å². The van der Waals surface area contributed by atoms with Crippen LogP contribution in [0, 0.1) is 0 Å². The average molecular weight is 268 g/mol. The van der Waals surface area contributed by atoms with Gasteiger partial charge in [0.2, 0.25) is 0 Å². The third-order valence-electron chi connectivity index (χ3n) is 2.72. The van der Waals surface area contributed by atoms with E-state index in [9.17, 15) is 0 Å². The predicted octanol–water partition coefficient (Wildman–Crippen LogP) is 2.72. The second-order valence-corrected chi connectivity index (χ2v) is 5.41. The van der Waals surface area contributed by atoms with Crippen LogP contribution >= 0.6 is 11.8 Å². The monoisotopic (exact) mass is 268 g/mol. The van der Waals surface area contributed by atoms with Crippen molar-refractivity contribution in [2.24, 2.45) is 0 Å². The number of ether oxygens (including phenoxy) is 1. The van der Waals surface area contributed by atoms with Crippen molar-refractivity contribution in [2.45, 2.75) is 12.8 Å². The summed E-state index contributed by atoms with van der Waals surface area (Å²) in [4.78, 5) is 2.36. The fourth-order valence-corrected chi connectivity index (χ4v) is 2.10. The molecule has 102 valence electrons. The van der Waals surface area contributed by atoms with Gasteiger partial charge in [0.05, 0.1) is 6.61 Å². The van der Waals surface area contributed by atoms with E-state index in [2.05, 4.69) is 18.2 Å². The van der Waals surface area contributed by atoms with Gasteiger partial charge in [-0.3, -0.25) is 0 Å². The van der Waals surface area contributed by atoms with E-state index in [0.29, 0.717) is 0 Å². The van der Waals surface area contributed by atoms with Crippen LogP contribution in [-0.4, -0.2) is 43.7 Å². The molecule has 4 heteroatoms. The number of hydrogen-bond acceptors (Lipinski definition) is 4. The Kier molecular flexibility index (Phi) is 7.69. The molecule has 1 rings (SSSR count). The molecular formula is C14H24N2OS. The van der Waals surface area contributed by atoms with Crippen molar-refractivity contribution in [3.8, 4) is 5.75 Å². The van der Waals surface area contributed by atoms with Crippen LogP contribution in [0.15, 0.2) is 24.3 Å². The zero-order valence-electron chi connectivity index (χ0n) is 11.4. The molecule has 0 radical (unpaired) electrons. The summed E-state index contributed by atoms with van der Waals surface area (Å²) in [7, 11) is 2.17. The highest BCUT2D eigenvalue weighted by Gasteiger charge is 1.98. The summed E-state index contributed by atoms with van der Waals surface area (Å²) in [5, 5.41) is 0. The minimum Gasteiger partial charge on any atom is -0.494 e. The van der Waals surface area contributed by atoms with Gasteiger partial charge in [-0.25, -0.2) is 0 Å². The van der Waals surface area contributed by atoms with E-state index in [1.54, 1.807) is 0 Å². The molecule has 0 saturated heterocycles. The molecule has 0 saturated carbocycles. The van der Waals surface area contributed by atoms with Gasteiger partial charge >= 0.3 is 0 Å².